The molecule has 0 saturated heterocycles. The van der Waals surface area contributed by atoms with Gasteiger partial charge in [0.05, 0.1) is 10.7 Å². The topological polar surface area (TPSA) is 58.2 Å². The fourth-order valence-electron chi connectivity index (χ4n) is 2.13. The Labute approximate surface area is 144 Å². The number of aryl methyl sites for hydroxylation is 2. The summed E-state index contributed by atoms with van der Waals surface area (Å²) in [7, 11) is 0. The fourth-order valence-corrected chi connectivity index (χ4v) is 2.58. The second-order valence-corrected chi connectivity index (χ2v) is 6.01. The highest BCUT2D eigenvalue weighted by Crippen LogP contribution is 2.25. The van der Waals surface area contributed by atoms with Crippen LogP contribution in [0, 0.1) is 13.8 Å². The molecule has 2 aromatic carbocycles. The van der Waals surface area contributed by atoms with Gasteiger partial charge in [0.25, 0.3) is 0 Å². The first-order valence-electron chi connectivity index (χ1n) is 6.98. The number of carbonyl (C=O) groups excluding carboxylic acids is 2. The molecule has 6 heteroatoms. The molecule has 0 atom stereocenters. The number of nitrogens with one attached hydrogen (secondary N) is 2. The first-order chi connectivity index (χ1) is 10.9. The highest BCUT2D eigenvalue weighted by Gasteiger charge is 2.13. The Balaban J connectivity index is 1.99. The quantitative estimate of drug-likeness (QED) is 0.793. The van der Waals surface area contributed by atoms with Crippen molar-refractivity contribution in [3.8, 4) is 0 Å². The lowest BCUT2D eigenvalue weighted by molar-refractivity contribution is -0.123. The van der Waals surface area contributed by atoms with E-state index in [1.807, 2.05) is 32.0 Å². The smallest absolute Gasteiger partial charge is 0.233 e. The molecule has 4 nitrogen and oxygen atoms in total. The fraction of sp³-hybridized carbons (Fsp3) is 0.176. The minimum atomic E-state index is -0.446. The minimum absolute atomic E-state index is 0.299. The molecule has 2 amide bonds. The maximum atomic E-state index is 12.0. The van der Waals surface area contributed by atoms with Crippen LogP contribution in [0.25, 0.3) is 0 Å². The van der Waals surface area contributed by atoms with Crippen LogP contribution in [0.1, 0.15) is 17.5 Å². The first-order valence-corrected chi connectivity index (χ1v) is 7.73. The Kier molecular flexibility index (Phi) is 5.64. The lowest BCUT2D eigenvalue weighted by Gasteiger charge is -2.12. The monoisotopic (exact) mass is 350 g/mol. The first kappa shape index (κ1) is 17.3. The van der Waals surface area contributed by atoms with Crippen LogP contribution in [-0.4, -0.2) is 11.8 Å². The molecular weight excluding hydrogens is 335 g/mol. The van der Waals surface area contributed by atoms with Crippen LogP contribution in [-0.2, 0) is 9.59 Å². The van der Waals surface area contributed by atoms with Crippen molar-refractivity contribution in [2.45, 2.75) is 20.3 Å². The van der Waals surface area contributed by atoms with Crippen molar-refractivity contribution in [2.24, 2.45) is 0 Å². The summed E-state index contributed by atoms with van der Waals surface area (Å²) in [6.07, 6.45) is -0.299. The normalized spacial score (nSPS) is 10.3. The van der Waals surface area contributed by atoms with E-state index < -0.39 is 5.91 Å². The third kappa shape index (κ3) is 4.71. The van der Waals surface area contributed by atoms with Gasteiger partial charge in [-0.1, -0.05) is 41.4 Å². The second-order valence-electron chi connectivity index (χ2n) is 5.16. The van der Waals surface area contributed by atoms with Crippen LogP contribution in [0.15, 0.2) is 36.4 Å². The molecule has 0 heterocycles. The van der Waals surface area contributed by atoms with E-state index in [1.54, 1.807) is 12.1 Å². The van der Waals surface area contributed by atoms with Gasteiger partial charge in [-0.15, -0.1) is 0 Å². The van der Waals surface area contributed by atoms with E-state index in [4.69, 9.17) is 23.2 Å². The van der Waals surface area contributed by atoms with E-state index in [0.717, 1.165) is 16.8 Å². The zero-order chi connectivity index (χ0) is 17.0. The van der Waals surface area contributed by atoms with Crippen molar-refractivity contribution in [1.29, 1.82) is 0 Å². The number of carbonyl (C=O) groups is 2. The molecule has 0 saturated carbocycles. The van der Waals surface area contributed by atoms with Crippen LogP contribution in [0.3, 0.4) is 0 Å². The number of amides is 2. The molecule has 0 aromatic heterocycles. The molecule has 2 aromatic rings. The number of anilines is 2. The van der Waals surface area contributed by atoms with Crippen molar-refractivity contribution in [3.63, 3.8) is 0 Å². The zero-order valence-corrected chi connectivity index (χ0v) is 14.3. The van der Waals surface area contributed by atoms with Gasteiger partial charge in [-0.3, -0.25) is 9.59 Å². The van der Waals surface area contributed by atoms with E-state index >= 15 is 0 Å². The second kappa shape index (κ2) is 7.49. The molecule has 0 aliphatic carbocycles. The van der Waals surface area contributed by atoms with Gasteiger partial charge >= 0.3 is 0 Å². The number of benzene rings is 2. The maximum absolute atomic E-state index is 12.0. The lowest BCUT2D eigenvalue weighted by atomic mass is 10.1. The summed E-state index contributed by atoms with van der Waals surface area (Å²) in [5.41, 5.74) is 3.04. The van der Waals surface area contributed by atoms with Gasteiger partial charge in [-0.25, -0.2) is 0 Å². The molecule has 0 aliphatic rings. The molecule has 2 rings (SSSR count). The molecule has 0 spiro atoms. The highest BCUT2D eigenvalue weighted by atomic mass is 35.5. The standard InChI is InChI=1S/C17H16Cl2N2O2/c1-10-4-3-5-11(2)17(10)21-16(23)9-15(22)20-14-7-6-12(18)8-13(14)19/h3-8H,9H2,1-2H3,(H,20,22)(H,21,23). The summed E-state index contributed by atoms with van der Waals surface area (Å²) >= 11 is 11.8. The Morgan fingerprint density at radius 1 is 0.957 bits per heavy atom. The average Bonchev–Trinajstić information content (AvgIpc) is 2.46. The summed E-state index contributed by atoms with van der Waals surface area (Å²) in [6, 6.07) is 10.4. The number of para-hydroxylation sites is 1. The van der Waals surface area contributed by atoms with E-state index in [1.165, 1.54) is 6.07 Å². The molecule has 0 aliphatic heterocycles. The van der Waals surface area contributed by atoms with E-state index in [-0.39, 0.29) is 12.3 Å². The van der Waals surface area contributed by atoms with E-state index in [2.05, 4.69) is 10.6 Å². The predicted octanol–water partition coefficient (Wildman–Crippen LogP) is 4.58. The molecule has 2 N–H and O–H groups in total. The summed E-state index contributed by atoms with van der Waals surface area (Å²) in [4.78, 5) is 24.0. The van der Waals surface area contributed by atoms with Crippen molar-refractivity contribution < 1.29 is 9.59 Å². The Hall–Kier alpha value is -2.04. The summed E-state index contributed by atoms with van der Waals surface area (Å²) in [6.45, 7) is 3.80. The Morgan fingerprint density at radius 3 is 2.17 bits per heavy atom. The predicted molar refractivity (Wildman–Crippen MR) is 94.3 cm³/mol. The zero-order valence-electron chi connectivity index (χ0n) is 12.7. The van der Waals surface area contributed by atoms with Crippen LogP contribution in [0.4, 0.5) is 11.4 Å². The highest BCUT2D eigenvalue weighted by molar-refractivity contribution is 6.36. The van der Waals surface area contributed by atoms with Gasteiger partial charge < -0.3 is 10.6 Å². The number of rotatable bonds is 4. The lowest BCUT2D eigenvalue weighted by Crippen LogP contribution is -2.22. The summed E-state index contributed by atoms with van der Waals surface area (Å²) < 4.78 is 0. The van der Waals surface area contributed by atoms with Crippen molar-refractivity contribution in [3.05, 3.63) is 57.6 Å². The number of hydrogen-bond donors (Lipinski definition) is 2. The Morgan fingerprint density at radius 2 is 1.57 bits per heavy atom. The van der Waals surface area contributed by atoms with Crippen LogP contribution in [0.5, 0.6) is 0 Å². The minimum Gasteiger partial charge on any atom is -0.325 e. The van der Waals surface area contributed by atoms with Crippen molar-refractivity contribution in [2.75, 3.05) is 10.6 Å². The molecular formula is C17H16Cl2N2O2. The Bertz CT molecular complexity index is 740. The number of hydrogen-bond acceptors (Lipinski definition) is 2. The van der Waals surface area contributed by atoms with Gasteiger partial charge in [0.1, 0.15) is 6.42 Å². The SMILES string of the molecule is Cc1cccc(C)c1NC(=O)CC(=O)Nc1ccc(Cl)cc1Cl. The molecule has 0 unspecified atom stereocenters. The third-order valence-electron chi connectivity index (χ3n) is 3.27. The largest absolute Gasteiger partial charge is 0.325 e. The molecule has 0 fully saturated rings. The van der Waals surface area contributed by atoms with Gasteiger partial charge in [0, 0.05) is 10.7 Å². The molecule has 0 bridgehead atoms. The molecule has 23 heavy (non-hydrogen) atoms. The average molecular weight is 351 g/mol. The summed E-state index contributed by atoms with van der Waals surface area (Å²) in [5, 5.41) is 6.15. The maximum Gasteiger partial charge on any atom is 0.233 e. The number of halogens is 2. The van der Waals surface area contributed by atoms with E-state index in [0.29, 0.717) is 15.7 Å². The van der Waals surface area contributed by atoms with Crippen molar-refractivity contribution in [1.82, 2.24) is 0 Å². The molecule has 0 radical (unpaired) electrons. The van der Waals surface area contributed by atoms with Gasteiger partial charge in [-0.05, 0) is 43.2 Å². The molecule has 120 valence electrons. The van der Waals surface area contributed by atoms with Crippen LogP contribution < -0.4 is 10.6 Å². The van der Waals surface area contributed by atoms with Crippen LogP contribution in [0.2, 0.25) is 10.0 Å². The van der Waals surface area contributed by atoms with E-state index in [9.17, 15) is 9.59 Å². The summed E-state index contributed by atoms with van der Waals surface area (Å²) in [5.74, 6) is -0.831. The van der Waals surface area contributed by atoms with Gasteiger partial charge in [0.2, 0.25) is 11.8 Å². The van der Waals surface area contributed by atoms with Crippen molar-refractivity contribution >= 4 is 46.4 Å². The van der Waals surface area contributed by atoms with Gasteiger partial charge in [0.15, 0.2) is 0 Å². The van der Waals surface area contributed by atoms with Crippen LogP contribution >= 0.6 is 23.2 Å². The third-order valence-corrected chi connectivity index (χ3v) is 3.82. The van der Waals surface area contributed by atoms with Gasteiger partial charge in [-0.2, -0.15) is 0 Å².